The molecule has 0 unspecified atom stereocenters. The second-order valence-electron chi connectivity index (χ2n) is 5.22. The zero-order chi connectivity index (χ0) is 18.5. The maximum absolute atomic E-state index is 12.4. The molecule has 0 aliphatic heterocycles. The molecule has 1 heterocycles. The molecule has 3 rings (SSSR count). The van der Waals surface area contributed by atoms with Crippen molar-refractivity contribution in [2.75, 3.05) is 17.7 Å². The van der Waals surface area contributed by atoms with Crippen molar-refractivity contribution < 1.29 is 9.53 Å². The number of halogens is 2. The van der Waals surface area contributed by atoms with Gasteiger partial charge in [-0.15, -0.1) is 0 Å². The van der Waals surface area contributed by atoms with E-state index in [9.17, 15) is 4.79 Å². The number of methoxy groups -OCH3 is 1. The summed E-state index contributed by atoms with van der Waals surface area (Å²) < 4.78 is 5.28. The van der Waals surface area contributed by atoms with Gasteiger partial charge in [0.25, 0.3) is 5.91 Å². The monoisotopic (exact) mass is 388 g/mol. The molecule has 2 aromatic carbocycles. The van der Waals surface area contributed by atoms with Crippen molar-refractivity contribution in [1.29, 1.82) is 0 Å². The van der Waals surface area contributed by atoms with Crippen LogP contribution in [0.4, 0.5) is 17.2 Å². The standard InChI is InChI=1S/C18H14Cl2N4O2/c1-26-16-7-4-12(20)8-14(16)24-17-9-15(21-10-22-17)18(25)23-13-5-2-11(19)3-6-13/h2-10H,1H3,(H,23,25)(H,21,22,24). The van der Waals surface area contributed by atoms with E-state index in [1.54, 1.807) is 49.6 Å². The summed E-state index contributed by atoms with van der Waals surface area (Å²) in [6.45, 7) is 0. The first kappa shape index (κ1) is 18.0. The zero-order valence-corrected chi connectivity index (χ0v) is 15.2. The van der Waals surface area contributed by atoms with Gasteiger partial charge in [-0.2, -0.15) is 0 Å². The summed E-state index contributed by atoms with van der Waals surface area (Å²) in [6.07, 6.45) is 1.30. The van der Waals surface area contributed by atoms with Gasteiger partial charge < -0.3 is 15.4 Å². The van der Waals surface area contributed by atoms with E-state index < -0.39 is 0 Å². The number of amides is 1. The molecule has 0 aliphatic rings. The van der Waals surface area contributed by atoms with Crippen molar-refractivity contribution in [3.8, 4) is 5.75 Å². The van der Waals surface area contributed by atoms with Crippen LogP contribution >= 0.6 is 23.2 Å². The summed E-state index contributed by atoms with van der Waals surface area (Å²) in [4.78, 5) is 20.5. The topological polar surface area (TPSA) is 76.1 Å². The molecule has 8 heteroatoms. The number of hydrogen-bond acceptors (Lipinski definition) is 5. The number of aromatic nitrogens is 2. The average molecular weight is 389 g/mol. The van der Waals surface area contributed by atoms with Crippen molar-refractivity contribution in [2.45, 2.75) is 0 Å². The van der Waals surface area contributed by atoms with E-state index in [0.717, 1.165) is 0 Å². The third-order valence-electron chi connectivity index (χ3n) is 3.43. The molecular formula is C18H14Cl2N4O2. The van der Waals surface area contributed by atoms with Crippen LogP contribution in [0.5, 0.6) is 5.75 Å². The second kappa shape index (κ2) is 8.03. The van der Waals surface area contributed by atoms with Gasteiger partial charge in [0.2, 0.25) is 0 Å². The number of benzene rings is 2. The van der Waals surface area contributed by atoms with Crippen molar-refractivity contribution in [3.63, 3.8) is 0 Å². The van der Waals surface area contributed by atoms with Crippen molar-refractivity contribution >= 4 is 46.3 Å². The van der Waals surface area contributed by atoms with Crippen LogP contribution in [0.25, 0.3) is 0 Å². The summed E-state index contributed by atoms with van der Waals surface area (Å²) in [5, 5.41) is 6.95. The van der Waals surface area contributed by atoms with E-state index in [2.05, 4.69) is 20.6 Å². The Balaban J connectivity index is 1.79. The highest BCUT2D eigenvalue weighted by Crippen LogP contribution is 2.30. The third kappa shape index (κ3) is 4.41. The van der Waals surface area contributed by atoms with Gasteiger partial charge in [0.1, 0.15) is 23.6 Å². The number of carbonyl (C=O) groups excluding carboxylic acids is 1. The van der Waals surface area contributed by atoms with Gasteiger partial charge in [-0.05, 0) is 42.5 Å². The average Bonchev–Trinajstić information content (AvgIpc) is 2.64. The largest absolute Gasteiger partial charge is 0.495 e. The smallest absolute Gasteiger partial charge is 0.274 e. The second-order valence-corrected chi connectivity index (χ2v) is 6.09. The quantitative estimate of drug-likeness (QED) is 0.656. The molecule has 0 spiro atoms. The Hall–Kier alpha value is -2.83. The maximum Gasteiger partial charge on any atom is 0.274 e. The minimum atomic E-state index is -0.365. The van der Waals surface area contributed by atoms with Crippen molar-refractivity contribution in [2.24, 2.45) is 0 Å². The Morgan fingerprint density at radius 1 is 1.00 bits per heavy atom. The van der Waals surface area contributed by atoms with Crippen LogP contribution in [0.3, 0.4) is 0 Å². The molecule has 0 radical (unpaired) electrons. The van der Waals surface area contributed by atoms with E-state index in [1.165, 1.54) is 12.4 Å². The van der Waals surface area contributed by atoms with Gasteiger partial charge in [0.05, 0.1) is 12.8 Å². The van der Waals surface area contributed by atoms with Crippen LogP contribution < -0.4 is 15.4 Å². The molecule has 0 fully saturated rings. The minimum Gasteiger partial charge on any atom is -0.495 e. The summed E-state index contributed by atoms with van der Waals surface area (Å²) in [6, 6.07) is 13.5. The van der Waals surface area contributed by atoms with Crippen LogP contribution in [0.15, 0.2) is 54.9 Å². The summed E-state index contributed by atoms with van der Waals surface area (Å²) in [5.41, 5.74) is 1.45. The lowest BCUT2D eigenvalue weighted by atomic mass is 10.2. The van der Waals surface area contributed by atoms with Gasteiger partial charge in [-0.1, -0.05) is 23.2 Å². The minimum absolute atomic E-state index is 0.207. The number of hydrogen-bond donors (Lipinski definition) is 2. The fourth-order valence-corrected chi connectivity index (χ4v) is 2.49. The number of rotatable bonds is 5. The highest BCUT2D eigenvalue weighted by Gasteiger charge is 2.11. The molecule has 0 saturated carbocycles. The highest BCUT2D eigenvalue weighted by molar-refractivity contribution is 6.31. The predicted molar refractivity (Wildman–Crippen MR) is 103 cm³/mol. The van der Waals surface area contributed by atoms with Gasteiger partial charge in [0, 0.05) is 21.8 Å². The molecule has 26 heavy (non-hydrogen) atoms. The van der Waals surface area contributed by atoms with Gasteiger partial charge >= 0.3 is 0 Å². The number of carbonyl (C=O) groups is 1. The zero-order valence-electron chi connectivity index (χ0n) is 13.7. The van der Waals surface area contributed by atoms with Crippen LogP contribution in [0.2, 0.25) is 10.0 Å². The van der Waals surface area contributed by atoms with Crippen molar-refractivity contribution in [1.82, 2.24) is 9.97 Å². The lowest BCUT2D eigenvalue weighted by molar-refractivity contribution is 0.102. The van der Waals surface area contributed by atoms with Crippen LogP contribution in [0.1, 0.15) is 10.5 Å². The Labute approximate surface area is 160 Å². The lowest BCUT2D eigenvalue weighted by Crippen LogP contribution is -2.14. The summed E-state index contributed by atoms with van der Waals surface area (Å²) >= 11 is 11.9. The lowest BCUT2D eigenvalue weighted by Gasteiger charge is -2.11. The van der Waals surface area contributed by atoms with Crippen LogP contribution in [-0.2, 0) is 0 Å². The normalized spacial score (nSPS) is 10.3. The number of anilines is 3. The fraction of sp³-hybridized carbons (Fsp3) is 0.0556. The number of nitrogens with zero attached hydrogens (tertiary/aromatic N) is 2. The molecule has 0 aliphatic carbocycles. The Morgan fingerprint density at radius 2 is 1.73 bits per heavy atom. The van der Waals surface area contributed by atoms with Gasteiger partial charge in [-0.25, -0.2) is 9.97 Å². The van der Waals surface area contributed by atoms with Crippen molar-refractivity contribution in [3.05, 3.63) is 70.6 Å². The SMILES string of the molecule is COc1ccc(Cl)cc1Nc1cc(C(=O)Nc2ccc(Cl)cc2)ncn1. The first-order valence-corrected chi connectivity index (χ1v) is 8.30. The number of nitrogens with one attached hydrogen (secondary N) is 2. The third-order valence-corrected chi connectivity index (χ3v) is 3.91. The molecule has 3 aromatic rings. The maximum atomic E-state index is 12.4. The Morgan fingerprint density at radius 3 is 2.46 bits per heavy atom. The number of ether oxygens (including phenoxy) is 1. The highest BCUT2D eigenvalue weighted by atomic mass is 35.5. The van der Waals surface area contributed by atoms with Crippen LogP contribution in [-0.4, -0.2) is 23.0 Å². The Bertz CT molecular complexity index is 933. The molecule has 6 nitrogen and oxygen atoms in total. The first-order chi connectivity index (χ1) is 12.5. The molecule has 1 amide bonds. The van der Waals surface area contributed by atoms with Gasteiger partial charge in [0.15, 0.2) is 0 Å². The van der Waals surface area contributed by atoms with E-state index >= 15 is 0 Å². The summed E-state index contributed by atoms with van der Waals surface area (Å²) in [7, 11) is 1.55. The molecule has 0 saturated heterocycles. The molecular weight excluding hydrogens is 375 g/mol. The molecule has 1 aromatic heterocycles. The summed E-state index contributed by atoms with van der Waals surface area (Å²) in [5.74, 6) is 0.665. The van der Waals surface area contributed by atoms with Gasteiger partial charge in [-0.3, -0.25) is 4.79 Å². The fourth-order valence-electron chi connectivity index (χ4n) is 2.19. The Kier molecular flexibility index (Phi) is 5.55. The van der Waals surface area contributed by atoms with E-state index in [-0.39, 0.29) is 11.6 Å². The van der Waals surface area contributed by atoms with E-state index in [0.29, 0.717) is 33.0 Å². The molecule has 0 atom stereocenters. The molecule has 2 N–H and O–H groups in total. The molecule has 132 valence electrons. The molecule has 0 bridgehead atoms. The first-order valence-electron chi connectivity index (χ1n) is 7.54. The predicted octanol–water partition coefficient (Wildman–Crippen LogP) is 4.79. The van der Waals surface area contributed by atoms with E-state index in [1.807, 2.05) is 0 Å². The van der Waals surface area contributed by atoms with E-state index in [4.69, 9.17) is 27.9 Å². The van der Waals surface area contributed by atoms with Crippen LogP contribution in [0, 0.1) is 0 Å².